The number of nitrogens with zero attached hydrogens (tertiary/aromatic N) is 2. The van der Waals surface area contributed by atoms with E-state index in [1.807, 2.05) is 0 Å². The van der Waals surface area contributed by atoms with E-state index in [0.717, 1.165) is 19.6 Å². The summed E-state index contributed by atoms with van der Waals surface area (Å²) in [7, 11) is 3.52. The molecule has 1 amide bonds. The van der Waals surface area contributed by atoms with Crippen molar-refractivity contribution in [3.8, 4) is 0 Å². The molecule has 2 atom stereocenters. The summed E-state index contributed by atoms with van der Waals surface area (Å²) in [6.07, 6.45) is 5.10. The highest BCUT2D eigenvalue weighted by Gasteiger charge is 2.49. The lowest BCUT2D eigenvalue weighted by molar-refractivity contribution is -0.134. The minimum atomic E-state index is 0.0313. The summed E-state index contributed by atoms with van der Waals surface area (Å²) < 4.78 is 11.6. The normalized spacial score (nSPS) is 29.1. The molecule has 0 unspecified atom stereocenters. The van der Waals surface area contributed by atoms with E-state index in [4.69, 9.17) is 9.47 Å². The summed E-state index contributed by atoms with van der Waals surface area (Å²) in [5.41, 5.74) is 0.226. The fourth-order valence-electron chi connectivity index (χ4n) is 3.52. The van der Waals surface area contributed by atoms with Crippen molar-refractivity contribution in [1.29, 1.82) is 0 Å². The molecule has 0 aromatic carbocycles. The Morgan fingerprint density at radius 2 is 2.14 bits per heavy atom. The van der Waals surface area contributed by atoms with Crippen LogP contribution in [0.25, 0.3) is 0 Å². The maximum absolute atomic E-state index is 11.6. The Bertz CT molecular complexity index is 359. The zero-order chi connectivity index (χ0) is 15.5. The van der Waals surface area contributed by atoms with Crippen LogP contribution in [0.15, 0.2) is 0 Å². The SMILES string of the molecule is CC(C)OC[C@]12CCCN1[C@@H](COCC(=O)N(C)C)CC2. The standard InChI is InChI=1S/C16H30N2O3/c1-13(2)21-12-16-7-5-9-18(16)14(6-8-16)10-20-11-15(19)17(3)4/h13-14H,5-12H2,1-4H3/t14-,16-/m1/s1. The third kappa shape index (κ3) is 3.96. The third-order valence-corrected chi connectivity index (χ3v) is 4.75. The Hall–Kier alpha value is -0.650. The van der Waals surface area contributed by atoms with Crippen molar-refractivity contribution >= 4 is 5.91 Å². The summed E-state index contributed by atoms with van der Waals surface area (Å²) in [5, 5.41) is 0. The summed E-state index contributed by atoms with van der Waals surface area (Å²) in [6.45, 7) is 7.00. The van der Waals surface area contributed by atoms with Gasteiger partial charge in [-0.1, -0.05) is 0 Å². The maximum atomic E-state index is 11.6. The molecule has 0 spiro atoms. The first-order chi connectivity index (χ1) is 9.94. The van der Waals surface area contributed by atoms with Crippen LogP contribution in [0.2, 0.25) is 0 Å². The largest absolute Gasteiger partial charge is 0.377 e. The Labute approximate surface area is 128 Å². The van der Waals surface area contributed by atoms with Crippen LogP contribution in [0.1, 0.15) is 39.5 Å². The van der Waals surface area contributed by atoms with Crippen LogP contribution < -0.4 is 0 Å². The van der Waals surface area contributed by atoms with E-state index >= 15 is 0 Å². The van der Waals surface area contributed by atoms with E-state index in [1.54, 1.807) is 19.0 Å². The molecule has 0 aliphatic carbocycles. The average Bonchev–Trinajstić information content (AvgIpc) is 2.96. The Morgan fingerprint density at radius 1 is 1.38 bits per heavy atom. The van der Waals surface area contributed by atoms with Crippen molar-refractivity contribution in [2.45, 2.75) is 57.2 Å². The number of likely N-dealkylation sites (N-methyl/N-ethyl adjacent to an activating group) is 1. The molecule has 5 nitrogen and oxygen atoms in total. The smallest absolute Gasteiger partial charge is 0.248 e. The number of hydrogen-bond donors (Lipinski definition) is 0. The van der Waals surface area contributed by atoms with Crippen LogP contribution in [0.3, 0.4) is 0 Å². The summed E-state index contributed by atoms with van der Waals surface area (Å²) in [4.78, 5) is 15.7. The molecule has 2 saturated heterocycles. The first-order valence-electron chi connectivity index (χ1n) is 8.11. The Morgan fingerprint density at radius 3 is 2.81 bits per heavy atom. The fraction of sp³-hybridized carbons (Fsp3) is 0.938. The highest BCUT2D eigenvalue weighted by Crippen LogP contribution is 2.42. The van der Waals surface area contributed by atoms with Gasteiger partial charge in [0.25, 0.3) is 0 Å². The number of ether oxygens (including phenoxy) is 2. The summed E-state index contributed by atoms with van der Waals surface area (Å²) in [5.74, 6) is 0.0313. The minimum absolute atomic E-state index is 0.0313. The van der Waals surface area contributed by atoms with Gasteiger partial charge in [0.05, 0.1) is 19.3 Å². The van der Waals surface area contributed by atoms with Gasteiger partial charge < -0.3 is 14.4 Å². The highest BCUT2D eigenvalue weighted by atomic mass is 16.5. The second kappa shape index (κ2) is 7.07. The molecular weight excluding hydrogens is 268 g/mol. The van der Waals surface area contributed by atoms with Gasteiger partial charge in [0.15, 0.2) is 0 Å². The molecule has 21 heavy (non-hydrogen) atoms. The second-order valence-corrected chi connectivity index (χ2v) is 6.88. The molecular formula is C16H30N2O3. The van der Waals surface area contributed by atoms with Crippen LogP contribution in [0, 0.1) is 0 Å². The molecule has 2 fully saturated rings. The number of fused-ring (bicyclic) bond motifs is 1. The van der Waals surface area contributed by atoms with Gasteiger partial charge in [0.2, 0.25) is 5.91 Å². The van der Waals surface area contributed by atoms with E-state index in [-0.39, 0.29) is 24.2 Å². The van der Waals surface area contributed by atoms with Gasteiger partial charge in [-0.05, 0) is 46.1 Å². The van der Waals surface area contributed by atoms with E-state index in [2.05, 4.69) is 18.7 Å². The van der Waals surface area contributed by atoms with Gasteiger partial charge >= 0.3 is 0 Å². The molecule has 2 aliphatic heterocycles. The molecule has 0 aromatic heterocycles. The van der Waals surface area contributed by atoms with Gasteiger partial charge in [-0.25, -0.2) is 0 Å². The van der Waals surface area contributed by atoms with E-state index in [9.17, 15) is 4.79 Å². The molecule has 5 heteroatoms. The molecule has 0 bridgehead atoms. The number of hydrogen-bond acceptors (Lipinski definition) is 4. The lowest BCUT2D eigenvalue weighted by Gasteiger charge is -2.35. The molecule has 2 aliphatic rings. The first kappa shape index (κ1) is 16.7. The van der Waals surface area contributed by atoms with Crippen molar-refractivity contribution in [2.75, 3.05) is 40.5 Å². The predicted molar refractivity (Wildman–Crippen MR) is 82.3 cm³/mol. The van der Waals surface area contributed by atoms with Gasteiger partial charge in [0.1, 0.15) is 6.61 Å². The highest BCUT2D eigenvalue weighted by molar-refractivity contribution is 5.76. The van der Waals surface area contributed by atoms with Crippen LogP contribution in [-0.2, 0) is 14.3 Å². The topological polar surface area (TPSA) is 42.0 Å². The molecule has 122 valence electrons. The number of rotatable bonds is 7. The van der Waals surface area contributed by atoms with Gasteiger partial charge in [0, 0.05) is 25.7 Å². The molecule has 0 aromatic rings. The van der Waals surface area contributed by atoms with Crippen LogP contribution in [0.4, 0.5) is 0 Å². The molecule has 0 saturated carbocycles. The number of carbonyl (C=O) groups is 1. The van der Waals surface area contributed by atoms with E-state index < -0.39 is 0 Å². The van der Waals surface area contributed by atoms with Crippen LogP contribution >= 0.6 is 0 Å². The van der Waals surface area contributed by atoms with E-state index in [1.165, 1.54) is 19.3 Å². The quantitative estimate of drug-likeness (QED) is 0.714. The predicted octanol–water partition coefficient (Wildman–Crippen LogP) is 1.51. The van der Waals surface area contributed by atoms with Crippen LogP contribution in [0.5, 0.6) is 0 Å². The zero-order valence-electron chi connectivity index (χ0n) is 13.9. The zero-order valence-corrected chi connectivity index (χ0v) is 13.9. The van der Waals surface area contributed by atoms with Crippen molar-refractivity contribution < 1.29 is 14.3 Å². The number of amides is 1. The van der Waals surface area contributed by atoms with Crippen molar-refractivity contribution in [1.82, 2.24) is 9.80 Å². The van der Waals surface area contributed by atoms with Crippen molar-refractivity contribution in [3.05, 3.63) is 0 Å². The Balaban J connectivity index is 1.82. The van der Waals surface area contributed by atoms with Crippen molar-refractivity contribution in [2.24, 2.45) is 0 Å². The molecule has 2 heterocycles. The van der Waals surface area contributed by atoms with Crippen molar-refractivity contribution in [3.63, 3.8) is 0 Å². The lowest BCUT2D eigenvalue weighted by Crippen LogP contribution is -2.47. The summed E-state index contributed by atoms with van der Waals surface area (Å²) >= 11 is 0. The summed E-state index contributed by atoms with van der Waals surface area (Å²) in [6, 6.07) is 0.443. The van der Waals surface area contributed by atoms with Gasteiger partial charge in [-0.3, -0.25) is 9.69 Å². The van der Waals surface area contributed by atoms with Gasteiger partial charge in [-0.15, -0.1) is 0 Å². The Kier molecular flexibility index (Phi) is 5.63. The monoisotopic (exact) mass is 298 g/mol. The maximum Gasteiger partial charge on any atom is 0.248 e. The first-order valence-corrected chi connectivity index (χ1v) is 8.11. The third-order valence-electron chi connectivity index (χ3n) is 4.75. The number of carbonyl (C=O) groups excluding carboxylic acids is 1. The molecule has 2 rings (SSSR count). The van der Waals surface area contributed by atoms with Gasteiger partial charge in [-0.2, -0.15) is 0 Å². The molecule has 0 N–H and O–H groups in total. The lowest BCUT2D eigenvalue weighted by atomic mass is 9.95. The van der Waals surface area contributed by atoms with Crippen LogP contribution in [-0.4, -0.2) is 73.9 Å². The second-order valence-electron chi connectivity index (χ2n) is 6.88. The minimum Gasteiger partial charge on any atom is -0.377 e. The van der Waals surface area contributed by atoms with E-state index in [0.29, 0.717) is 12.6 Å². The average molecular weight is 298 g/mol. The molecule has 0 radical (unpaired) electrons. The fourth-order valence-corrected chi connectivity index (χ4v) is 3.52.